The average molecular weight is 208 g/mol. The van der Waals surface area contributed by atoms with Crippen LogP contribution in [-0.2, 0) is 0 Å². The zero-order valence-corrected chi connectivity index (χ0v) is 9.57. The van der Waals surface area contributed by atoms with Crippen molar-refractivity contribution < 1.29 is 4.42 Å². The molecular formula is C12H20N2O. The SMILES string of the molecule is CNCC1CCCN1C(C)c1ccco1. The van der Waals surface area contributed by atoms with Gasteiger partial charge >= 0.3 is 0 Å². The van der Waals surface area contributed by atoms with E-state index < -0.39 is 0 Å². The van der Waals surface area contributed by atoms with Crippen molar-refractivity contribution in [2.75, 3.05) is 20.1 Å². The lowest BCUT2D eigenvalue weighted by molar-refractivity contribution is 0.171. The van der Waals surface area contributed by atoms with Crippen molar-refractivity contribution in [3.8, 4) is 0 Å². The Bertz CT molecular complexity index is 284. The van der Waals surface area contributed by atoms with E-state index in [1.54, 1.807) is 6.26 Å². The van der Waals surface area contributed by atoms with Gasteiger partial charge in [-0.2, -0.15) is 0 Å². The molecule has 0 saturated carbocycles. The van der Waals surface area contributed by atoms with E-state index in [1.807, 2.05) is 13.1 Å². The molecule has 0 bridgehead atoms. The van der Waals surface area contributed by atoms with Gasteiger partial charge in [0, 0.05) is 12.6 Å². The van der Waals surface area contributed by atoms with E-state index in [0.717, 1.165) is 12.3 Å². The molecule has 1 aliphatic heterocycles. The normalized spacial score (nSPS) is 24.5. The van der Waals surface area contributed by atoms with E-state index in [9.17, 15) is 0 Å². The van der Waals surface area contributed by atoms with E-state index in [1.165, 1.54) is 19.4 Å². The third-order valence-corrected chi connectivity index (χ3v) is 3.31. The molecule has 1 N–H and O–H groups in total. The van der Waals surface area contributed by atoms with E-state index in [0.29, 0.717) is 12.1 Å². The number of hydrogen-bond donors (Lipinski definition) is 1. The van der Waals surface area contributed by atoms with Crippen LogP contribution in [0.5, 0.6) is 0 Å². The lowest BCUT2D eigenvalue weighted by Crippen LogP contribution is -2.38. The van der Waals surface area contributed by atoms with Crippen LogP contribution in [0, 0.1) is 0 Å². The Morgan fingerprint density at radius 1 is 1.67 bits per heavy atom. The van der Waals surface area contributed by atoms with E-state index in [2.05, 4.69) is 23.2 Å². The summed E-state index contributed by atoms with van der Waals surface area (Å²) in [4.78, 5) is 2.54. The van der Waals surface area contributed by atoms with Crippen LogP contribution in [0.3, 0.4) is 0 Å². The molecule has 1 aromatic heterocycles. The Balaban J connectivity index is 2.03. The number of hydrogen-bond acceptors (Lipinski definition) is 3. The van der Waals surface area contributed by atoms with Gasteiger partial charge in [-0.15, -0.1) is 0 Å². The highest BCUT2D eigenvalue weighted by Gasteiger charge is 2.29. The highest BCUT2D eigenvalue weighted by atomic mass is 16.3. The summed E-state index contributed by atoms with van der Waals surface area (Å²) in [7, 11) is 2.02. The lowest BCUT2D eigenvalue weighted by atomic mass is 10.1. The van der Waals surface area contributed by atoms with Crippen molar-refractivity contribution in [2.24, 2.45) is 0 Å². The molecule has 1 fully saturated rings. The summed E-state index contributed by atoms with van der Waals surface area (Å²) in [5, 5.41) is 3.27. The molecule has 0 aromatic carbocycles. The number of likely N-dealkylation sites (tertiary alicyclic amines) is 1. The maximum absolute atomic E-state index is 5.47. The largest absolute Gasteiger partial charge is 0.468 e. The van der Waals surface area contributed by atoms with Crippen molar-refractivity contribution in [3.63, 3.8) is 0 Å². The minimum Gasteiger partial charge on any atom is -0.468 e. The van der Waals surface area contributed by atoms with Crippen LogP contribution in [0.25, 0.3) is 0 Å². The second-order valence-electron chi connectivity index (χ2n) is 4.28. The fourth-order valence-electron chi connectivity index (χ4n) is 2.52. The summed E-state index contributed by atoms with van der Waals surface area (Å²) in [6.45, 7) is 4.49. The Kier molecular flexibility index (Phi) is 3.44. The summed E-state index contributed by atoms with van der Waals surface area (Å²) >= 11 is 0. The minimum atomic E-state index is 0.404. The van der Waals surface area contributed by atoms with Gasteiger partial charge in [0.2, 0.25) is 0 Å². The quantitative estimate of drug-likeness (QED) is 0.820. The molecule has 0 amide bonds. The number of nitrogens with one attached hydrogen (secondary N) is 1. The Labute approximate surface area is 91.4 Å². The summed E-state index contributed by atoms with van der Waals surface area (Å²) in [5.41, 5.74) is 0. The van der Waals surface area contributed by atoms with Gasteiger partial charge in [-0.25, -0.2) is 0 Å². The van der Waals surface area contributed by atoms with Gasteiger partial charge < -0.3 is 9.73 Å². The van der Waals surface area contributed by atoms with Gasteiger partial charge in [-0.05, 0) is 45.5 Å². The first kappa shape index (κ1) is 10.7. The Morgan fingerprint density at radius 2 is 2.53 bits per heavy atom. The van der Waals surface area contributed by atoms with E-state index in [4.69, 9.17) is 4.42 Å². The van der Waals surface area contributed by atoms with Crippen LogP contribution in [0.2, 0.25) is 0 Å². The molecule has 0 radical (unpaired) electrons. The molecule has 3 nitrogen and oxygen atoms in total. The maximum Gasteiger partial charge on any atom is 0.120 e. The van der Waals surface area contributed by atoms with Crippen LogP contribution in [0.1, 0.15) is 31.6 Å². The lowest BCUT2D eigenvalue weighted by Gasteiger charge is -2.29. The fraction of sp³-hybridized carbons (Fsp3) is 0.667. The Hall–Kier alpha value is -0.800. The minimum absolute atomic E-state index is 0.404. The first-order valence-electron chi connectivity index (χ1n) is 5.76. The summed E-state index contributed by atoms with van der Waals surface area (Å²) in [6.07, 6.45) is 4.36. The zero-order valence-electron chi connectivity index (χ0n) is 9.57. The van der Waals surface area contributed by atoms with E-state index >= 15 is 0 Å². The van der Waals surface area contributed by atoms with Crippen molar-refractivity contribution in [3.05, 3.63) is 24.2 Å². The molecule has 0 aliphatic carbocycles. The summed E-state index contributed by atoms with van der Waals surface area (Å²) in [5.74, 6) is 1.08. The van der Waals surface area contributed by atoms with Crippen molar-refractivity contribution in [1.82, 2.24) is 10.2 Å². The van der Waals surface area contributed by atoms with Crippen LogP contribution in [0.4, 0.5) is 0 Å². The molecule has 2 heterocycles. The first-order valence-corrected chi connectivity index (χ1v) is 5.76. The molecule has 1 aromatic rings. The standard InChI is InChI=1S/C12H20N2O/c1-10(12-6-4-8-15-12)14-7-3-5-11(14)9-13-2/h4,6,8,10-11,13H,3,5,7,9H2,1-2H3. The summed E-state index contributed by atoms with van der Waals surface area (Å²) < 4.78 is 5.47. The van der Waals surface area contributed by atoms with Crippen molar-refractivity contribution in [1.29, 1.82) is 0 Å². The molecule has 2 unspecified atom stereocenters. The second kappa shape index (κ2) is 4.81. The predicted molar refractivity (Wildman–Crippen MR) is 60.8 cm³/mol. The van der Waals surface area contributed by atoms with Crippen LogP contribution >= 0.6 is 0 Å². The van der Waals surface area contributed by atoms with Crippen LogP contribution < -0.4 is 5.32 Å². The maximum atomic E-state index is 5.47. The highest BCUT2D eigenvalue weighted by Crippen LogP contribution is 2.28. The number of furan rings is 1. The molecule has 2 atom stereocenters. The molecule has 1 saturated heterocycles. The first-order chi connectivity index (χ1) is 7.33. The topological polar surface area (TPSA) is 28.4 Å². The molecule has 0 spiro atoms. The van der Waals surface area contributed by atoms with Gasteiger partial charge in [-0.1, -0.05) is 0 Å². The summed E-state index contributed by atoms with van der Waals surface area (Å²) in [6, 6.07) is 5.10. The molecule has 84 valence electrons. The average Bonchev–Trinajstić information content (AvgIpc) is 2.87. The zero-order chi connectivity index (χ0) is 10.7. The highest BCUT2D eigenvalue weighted by molar-refractivity contribution is 5.05. The van der Waals surface area contributed by atoms with Crippen LogP contribution in [-0.4, -0.2) is 31.1 Å². The van der Waals surface area contributed by atoms with Gasteiger partial charge in [0.05, 0.1) is 12.3 Å². The molecule has 1 aliphatic rings. The van der Waals surface area contributed by atoms with Crippen LogP contribution in [0.15, 0.2) is 22.8 Å². The number of nitrogens with zero attached hydrogens (tertiary/aromatic N) is 1. The van der Waals surface area contributed by atoms with Gasteiger partial charge in [0.15, 0.2) is 0 Å². The van der Waals surface area contributed by atoms with Gasteiger partial charge in [0.1, 0.15) is 5.76 Å². The number of rotatable bonds is 4. The molecule has 2 rings (SSSR count). The third-order valence-electron chi connectivity index (χ3n) is 3.31. The number of likely N-dealkylation sites (N-methyl/N-ethyl adjacent to an activating group) is 1. The fourth-order valence-corrected chi connectivity index (χ4v) is 2.52. The monoisotopic (exact) mass is 208 g/mol. The second-order valence-corrected chi connectivity index (χ2v) is 4.28. The van der Waals surface area contributed by atoms with Crippen molar-refractivity contribution in [2.45, 2.75) is 31.8 Å². The third kappa shape index (κ3) is 2.24. The van der Waals surface area contributed by atoms with Gasteiger partial charge in [0.25, 0.3) is 0 Å². The Morgan fingerprint density at radius 3 is 3.20 bits per heavy atom. The van der Waals surface area contributed by atoms with Gasteiger partial charge in [-0.3, -0.25) is 4.90 Å². The van der Waals surface area contributed by atoms with E-state index in [-0.39, 0.29) is 0 Å². The molecular weight excluding hydrogens is 188 g/mol. The van der Waals surface area contributed by atoms with Crippen molar-refractivity contribution >= 4 is 0 Å². The smallest absolute Gasteiger partial charge is 0.120 e. The molecule has 15 heavy (non-hydrogen) atoms. The predicted octanol–water partition coefficient (Wildman–Crippen LogP) is 2.02. The molecule has 3 heteroatoms.